The highest BCUT2D eigenvalue weighted by atomic mass is 35.5. The zero-order chi connectivity index (χ0) is 21.8. The maximum atomic E-state index is 13.0. The number of piperazine rings is 1. The summed E-state index contributed by atoms with van der Waals surface area (Å²) in [5.41, 5.74) is 2.59. The molecule has 1 saturated heterocycles. The highest BCUT2D eigenvalue weighted by Gasteiger charge is 2.25. The molecule has 0 saturated carbocycles. The summed E-state index contributed by atoms with van der Waals surface area (Å²) in [6.45, 7) is 3.74. The van der Waals surface area contributed by atoms with Gasteiger partial charge in [-0.05, 0) is 24.3 Å². The van der Waals surface area contributed by atoms with Gasteiger partial charge in [0.25, 0.3) is 5.91 Å². The molecule has 0 aliphatic carbocycles. The van der Waals surface area contributed by atoms with Gasteiger partial charge in [0.1, 0.15) is 16.5 Å². The van der Waals surface area contributed by atoms with E-state index >= 15 is 0 Å². The van der Waals surface area contributed by atoms with Crippen LogP contribution in [-0.2, 0) is 6.54 Å². The van der Waals surface area contributed by atoms with Crippen LogP contribution in [-0.4, -0.2) is 61.1 Å². The molecule has 1 amide bonds. The molecule has 0 spiro atoms. The number of carbonyl (C=O) groups excluding carboxylic acids is 1. The number of hydrogen-bond donors (Lipinski definition) is 0. The van der Waals surface area contributed by atoms with Crippen molar-refractivity contribution in [2.45, 2.75) is 6.54 Å². The lowest BCUT2D eigenvalue weighted by atomic mass is 10.1. The van der Waals surface area contributed by atoms with Crippen molar-refractivity contribution < 1.29 is 14.3 Å². The summed E-state index contributed by atoms with van der Waals surface area (Å²) in [4.78, 5) is 22.0. The molecular weight excluding hydrogens is 434 g/mol. The number of benzene rings is 2. The number of halogens is 1. The molecule has 31 heavy (non-hydrogen) atoms. The van der Waals surface area contributed by atoms with Gasteiger partial charge in [-0.3, -0.25) is 9.69 Å². The fourth-order valence-corrected chi connectivity index (χ4v) is 4.55. The first-order valence-corrected chi connectivity index (χ1v) is 11.3. The van der Waals surface area contributed by atoms with Crippen molar-refractivity contribution in [1.29, 1.82) is 0 Å². The average Bonchev–Trinajstić information content (AvgIpc) is 3.27. The molecule has 2 heterocycles. The molecule has 2 aromatic carbocycles. The van der Waals surface area contributed by atoms with Gasteiger partial charge < -0.3 is 14.4 Å². The molecule has 162 valence electrons. The van der Waals surface area contributed by atoms with Gasteiger partial charge >= 0.3 is 0 Å². The summed E-state index contributed by atoms with van der Waals surface area (Å²) < 4.78 is 10.6. The van der Waals surface area contributed by atoms with Gasteiger partial charge in [0.2, 0.25) is 0 Å². The summed E-state index contributed by atoms with van der Waals surface area (Å²) in [7, 11) is 3.16. The Morgan fingerprint density at radius 3 is 2.48 bits per heavy atom. The molecule has 0 radical (unpaired) electrons. The van der Waals surface area contributed by atoms with E-state index in [0.29, 0.717) is 30.2 Å². The monoisotopic (exact) mass is 457 g/mol. The van der Waals surface area contributed by atoms with E-state index in [0.717, 1.165) is 40.9 Å². The second-order valence-corrected chi connectivity index (χ2v) is 8.65. The molecule has 1 aliphatic heterocycles. The topological polar surface area (TPSA) is 54.9 Å². The van der Waals surface area contributed by atoms with Gasteiger partial charge in [0.05, 0.1) is 32.0 Å². The Hall–Kier alpha value is -2.61. The lowest BCUT2D eigenvalue weighted by Gasteiger charge is -2.34. The maximum absolute atomic E-state index is 13.0. The van der Waals surface area contributed by atoms with Gasteiger partial charge in [-0.1, -0.05) is 23.7 Å². The standard InChI is InChI=1S/C23H24ClN3O3S/c1-29-18-7-8-19(21(13-18)30-2)23(28)27-11-9-26(10-12-27)14-22-25-20(15-31-22)16-3-5-17(24)6-4-16/h3-8,13,15H,9-12,14H2,1-2H3. The van der Waals surface area contributed by atoms with E-state index < -0.39 is 0 Å². The van der Waals surface area contributed by atoms with Gasteiger partial charge in [-0.25, -0.2) is 4.98 Å². The summed E-state index contributed by atoms with van der Waals surface area (Å²) in [5, 5.41) is 3.87. The lowest BCUT2D eigenvalue weighted by molar-refractivity contribution is 0.0625. The van der Waals surface area contributed by atoms with E-state index in [4.69, 9.17) is 26.1 Å². The van der Waals surface area contributed by atoms with Gasteiger partial charge in [-0.15, -0.1) is 11.3 Å². The van der Waals surface area contributed by atoms with Crippen LogP contribution < -0.4 is 9.47 Å². The fourth-order valence-electron chi connectivity index (χ4n) is 3.58. The quantitative estimate of drug-likeness (QED) is 0.547. The predicted octanol–water partition coefficient (Wildman–Crippen LogP) is 4.44. The third-order valence-electron chi connectivity index (χ3n) is 5.35. The third-order valence-corrected chi connectivity index (χ3v) is 6.43. The summed E-state index contributed by atoms with van der Waals surface area (Å²) in [6.07, 6.45) is 0. The summed E-state index contributed by atoms with van der Waals surface area (Å²) in [5.74, 6) is 1.18. The van der Waals surface area contributed by atoms with Crippen LogP contribution in [0.4, 0.5) is 0 Å². The second-order valence-electron chi connectivity index (χ2n) is 7.27. The summed E-state index contributed by atoms with van der Waals surface area (Å²) >= 11 is 7.63. The molecule has 0 N–H and O–H groups in total. The van der Waals surface area contributed by atoms with Crippen molar-refractivity contribution in [2.24, 2.45) is 0 Å². The molecule has 8 heteroatoms. The predicted molar refractivity (Wildman–Crippen MR) is 123 cm³/mol. The molecule has 0 unspecified atom stereocenters. The smallest absolute Gasteiger partial charge is 0.257 e. The minimum atomic E-state index is -0.0153. The lowest BCUT2D eigenvalue weighted by Crippen LogP contribution is -2.48. The van der Waals surface area contributed by atoms with E-state index in [1.165, 1.54) is 0 Å². The van der Waals surface area contributed by atoms with Crippen molar-refractivity contribution in [2.75, 3.05) is 40.4 Å². The first-order valence-electron chi connectivity index (χ1n) is 10.0. The van der Waals surface area contributed by atoms with Crippen LogP contribution in [0.15, 0.2) is 47.8 Å². The normalized spacial score (nSPS) is 14.5. The molecule has 1 fully saturated rings. The van der Waals surface area contributed by atoms with Crippen LogP contribution in [0.5, 0.6) is 11.5 Å². The Balaban J connectivity index is 1.35. The molecule has 0 bridgehead atoms. The second kappa shape index (κ2) is 9.68. The molecular formula is C23H24ClN3O3S. The molecule has 0 atom stereocenters. The van der Waals surface area contributed by atoms with Crippen LogP contribution in [0.1, 0.15) is 15.4 Å². The molecule has 4 rings (SSSR count). The Morgan fingerprint density at radius 2 is 1.81 bits per heavy atom. The zero-order valence-electron chi connectivity index (χ0n) is 17.5. The number of rotatable bonds is 6. The number of ether oxygens (including phenoxy) is 2. The number of thiazole rings is 1. The van der Waals surface area contributed by atoms with E-state index in [1.54, 1.807) is 43.8 Å². The number of hydrogen-bond acceptors (Lipinski definition) is 6. The molecule has 6 nitrogen and oxygen atoms in total. The first kappa shape index (κ1) is 21.6. The van der Waals surface area contributed by atoms with Crippen LogP contribution in [0, 0.1) is 0 Å². The SMILES string of the molecule is COc1ccc(C(=O)N2CCN(Cc3nc(-c4ccc(Cl)cc4)cs3)CC2)c(OC)c1. The van der Waals surface area contributed by atoms with Crippen LogP contribution in [0.3, 0.4) is 0 Å². The van der Waals surface area contributed by atoms with Gasteiger partial charge in [0.15, 0.2) is 0 Å². The van der Waals surface area contributed by atoms with E-state index in [-0.39, 0.29) is 5.91 Å². The van der Waals surface area contributed by atoms with E-state index in [9.17, 15) is 4.79 Å². The van der Waals surface area contributed by atoms with Crippen molar-refractivity contribution in [3.63, 3.8) is 0 Å². The van der Waals surface area contributed by atoms with Crippen LogP contribution in [0.2, 0.25) is 5.02 Å². The van der Waals surface area contributed by atoms with Crippen molar-refractivity contribution >= 4 is 28.8 Å². The molecule has 3 aromatic rings. The van der Waals surface area contributed by atoms with E-state index in [1.807, 2.05) is 29.2 Å². The largest absolute Gasteiger partial charge is 0.497 e. The van der Waals surface area contributed by atoms with Crippen LogP contribution >= 0.6 is 22.9 Å². The average molecular weight is 458 g/mol. The number of amides is 1. The zero-order valence-corrected chi connectivity index (χ0v) is 19.1. The number of nitrogens with zero attached hydrogens (tertiary/aromatic N) is 3. The van der Waals surface area contributed by atoms with Gasteiger partial charge in [-0.2, -0.15) is 0 Å². The summed E-state index contributed by atoms with van der Waals surface area (Å²) in [6, 6.07) is 13.0. The third kappa shape index (κ3) is 5.01. The Morgan fingerprint density at radius 1 is 1.06 bits per heavy atom. The minimum absolute atomic E-state index is 0.0153. The van der Waals surface area contributed by atoms with Crippen molar-refractivity contribution in [3.05, 3.63) is 63.4 Å². The number of carbonyl (C=O) groups is 1. The Kier molecular flexibility index (Phi) is 6.75. The highest BCUT2D eigenvalue weighted by molar-refractivity contribution is 7.09. The number of aromatic nitrogens is 1. The van der Waals surface area contributed by atoms with Crippen LogP contribution in [0.25, 0.3) is 11.3 Å². The number of methoxy groups -OCH3 is 2. The van der Waals surface area contributed by atoms with Crippen molar-refractivity contribution in [3.8, 4) is 22.8 Å². The van der Waals surface area contributed by atoms with E-state index in [2.05, 4.69) is 10.3 Å². The maximum Gasteiger partial charge on any atom is 0.257 e. The molecule has 1 aromatic heterocycles. The fraction of sp³-hybridized carbons (Fsp3) is 0.304. The van der Waals surface area contributed by atoms with Gasteiger partial charge in [0, 0.05) is 48.2 Å². The Bertz CT molecular complexity index is 1050. The first-order chi connectivity index (χ1) is 15.1. The molecule has 1 aliphatic rings. The highest BCUT2D eigenvalue weighted by Crippen LogP contribution is 2.27. The Labute approximate surface area is 191 Å². The minimum Gasteiger partial charge on any atom is -0.497 e. The van der Waals surface area contributed by atoms with Crippen molar-refractivity contribution in [1.82, 2.24) is 14.8 Å².